The van der Waals surface area contributed by atoms with Crippen LogP contribution in [0.4, 0.5) is 0 Å². The van der Waals surface area contributed by atoms with Crippen molar-refractivity contribution >= 4 is 13.0 Å². The summed E-state index contributed by atoms with van der Waals surface area (Å²) in [6.45, 7) is 1.86. The first-order valence-corrected chi connectivity index (χ1v) is 2.76. The zero-order valence-electron chi connectivity index (χ0n) is 5.29. The van der Waals surface area contributed by atoms with Gasteiger partial charge in [0.05, 0.1) is 6.42 Å². The van der Waals surface area contributed by atoms with Crippen LogP contribution in [-0.4, -0.2) is 29.7 Å². The van der Waals surface area contributed by atoms with Gasteiger partial charge < -0.3 is 15.4 Å². The Bertz CT molecular complexity index is 95.8. The van der Waals surface area contributed by atoms with E-state index >= 15 is 0 Å². The Morgan fingerprint density at radius 2 is 2.33 bits per heavy atom. The fraction of sp³-hybridized carbons (Fsp3) is 0.750. The van der Waals surface area contributed by atoms with Gasteiger partial charge in [0, 0.05) is 0 Å². The molecule has 0 aliphatic rings. The van der Waals surface area contributed by atoms with Crippen molar-refractivity contribution in [3.8, 4) is 0 Å². The molecule has 0 aromatic rings. The van der Waals surface area contributed by atoms with Gasteiger partial charge in [0.1, 0.15) is 0 Å². The van der Waals surface area contributed by atoms with Gasteiger partial charge >= 0.3 is 13.0 Å². The lowest BCUT2D eigenvalue weighted by atomic mass is 9.89. The van der Waals surface area contributed by atoms with Crippen LogP contribution in [-0.2, 0) is 4.79 Å². The molecule has 0 aliphatic heterocycles. The van der Waals surface area contributed by atoms with Crippen LogP contribution in [0.5, 0.6) is 0 Å². The molecule has 3 N–H and O–H groups in total. The largest absolute Gasteiger partial charge is 0.481 e. The van der Waals surface area contributed by atoms with E-state index < -0.39 is 13.0 Å². The number of carboxylic acid groups (broad SMARTS) is 1. The summed E-state index contributed by atoms with van der Waals surface area (Å²) in [5.41, 5.74) is 0. The highest BCUT2D eigenvalue weighted by atomic mass is 16.4. The molecular weight excluding hydrogens is 121 g/mol. The number of rotatable bonds is 4. The average Bonchev–Trinajstić information content (AvgIpc) is 1.63. The highest BCUT2D eigenvalue weighted by Gasteiger charge is 2.01. The molecule has 0 aromatic heterocycles. The Morgan fingerprint density at radius 1 is 1.78 bits per heavy atom. The Balaban J connectivity index is 3.01. The Hall–Kier alpha value is -0.545. The number of hydrogen-bond acceptors (Lipinski definition) is 3. The van der Waals surface area contributed by atoms with Crippen molar-refractivity contribution in [2.75, 3.05) is 6.54 Å². The van der Waals surface area contributed by atoms with Gasteiger partial charge in [-0.2, -0.15) is 0 Å². The predicted octanol–water partition coefficient (Wildman–Crippen LogP) is -0.839. The summed E-state index contributed by atoms with van der Waals surface area (Å²) in [7, 11) is -0.621. The van der Waals surface area contributed by atoms with E-state index in [1.54, 1.807) is 6.82 Å². The van der Waals surface area contributed by atoms with Gasteiger partial charge in [-0.25, -0.2) is 0 Å². The fourth-order valence-corrected chi connectivity index (χ4v) is 0.388. The molecule has 0 spiro atoms. The van der Waals surface area contributed by atoms with Crippen LogP contribution in [0, 0.1) is 0 Å². The molecule has 0 aliphatic carbocycles. The fourth-order valence-electron chi connectivity index (χ4n) is 0.388. The third-order valence-corrected chi connectivity index (χ3v) is 0.779. The molecule has 0 saturated carbocycles. The van der Waals surface area contributed by atoms with Crippen LogP contribution in [0.2, 0.25) is 6.82 Å². The van der Waals surface area contributed by atoms with Gasteiger partial charge in [0.25, 0.3) is 0 Å². The normalized spacial score (nSPS) is 9.11. The molecule has 0 amide bonds. The van der Waals surface area contributed by atoms with Crippen molar-refractivity contribution in [3.63, 3.8) is 0 Å². The highest BCUT2D eigenvalue weighted by molar-refractivity contribution is 6.45. The minimum absolute atomic E-state index is 0.0465. The Labute approximate surface area is 54.0 Å². The second-order valence-electron chi connectivity index (χ2n) is 1.77. The van der Waals surface area contributed by atoms with Crippen LogP contribution >= 0.6 is 0 Å². The predicted molar refractivity (Wildman–Crippen MR) is 34.1 cm³/mol. The zero-order valence-corrected chi connectivity index (χ0v) is 5.29. The molecule has 0 fully saturated rings. The molecule has 0 rings (SSSR count). The standard InChI is InChI=1S/C4H10BNO3/c1-5(9)6-3-2-4(7)8/h6,9H,2-3H2,1H3,(H,7,8). The first-order chi connectivity index (χ1) is 4.13. The van der Waals surface area contributed by atoms with E-state index in [1.807, 2.05) is 0 Å². The molecule has 52 valence electrons. The van der Waals surface area contributed by atoms with Crippen molar-refractivity contribution in [1.29, 1.82) is 0 Å². The molecule has 0 saturated heterocycles. The number of carboxylic acids is 1. The molecule has 0 unspecified atom stereocenters. The Morgan fingerprint density at radius 3 is 2.67 bits per heavy atom. The molecular formula is C4H10BNO3. The van der Waals surface area contributed by atoms with Crippen molar-refractivity contribution in [2.24, 2.45) is 0 Å². The molecule has 9 heavy (non-hydrogen) atoms. The summed E-state index contributed by atoms with van der Waals surface area (Å²) in [5, 5.41) is 19.2. The minimum atomic E-state index is -0.858. The Kier molecular flexibility index (Phi) is 4.08. The topological polar surface area (TPSA) is 69.6 Å². The molecule has 4 nitrogen and oxygen atoms in total. The lowest BCUT2D eigenvalue weighted by Crippen LogP contribution is -2.32. The molecule has 5 heteroatoms. The van der Waals surface area contributed by atoms with Gasteiger partial charge in [-0.3, -0.25) is 4.79 Å². The highest BCUT2D eigenvalue weighted by Crippen LogP contribution is 1.75. The van der Waals surface area contributed by atoms with Gasteiger partial charge in [0.2, 0.25) is 0 Å². The van der Waals surface area contributed by atoms with Gasteiger partial charge in [0.15, 0.2) is 0 Å². The van der Waals surface area contributed by atoms with E-state index in [9.17, 15) is 4.79 Å². The van der Waals surface area contributed by atoms with E-state index in [4.69, 9.17) is 10.1 Å². The van der Waals surface area contributed by atoms with E-state index in [1.165, 1.54) is 0 Å². The molecule has 0 aromatic carbocycles. The summed E-state index contributed by atoms with van der Waals surface area (Å²) in [6.07, 6.45) is 0.0465. The molecule has 0 atom stereocenters. The second-order valence-corrected chi connectivity index (χ2v) is 1.77. The average molecular weight is 131 g/mol. The van der Waals surface area contributed by atoms with Crippen molar-refractivity contribution < 1.29 is 14.9 Å². The quantitative estimate of drug-likeness (QED) is 0.435. The van der Waals surface area contributed by atoms with Crippen molar-refractivity contribution in [2.45, 2.75) is 13.2 Å². The maximum absolute atomic E-state index is 9.86. The van der Waals surface area contributed by atoms with Crippen LogP contribution in [0.25, 0.3) is 0 Å². The minimum Gasteiger partial charge on any atom is -0.481 e. The van der Waals surface area contributed by atoms with Crippen LogP contribution < -0.4 is 5.23 Å². The maximum Gasteiger partial charge on any atom is 0.373 e. The first-order valence-electron chi connectivity index (χ1n) is 2.76. The first kappa shape index (κ1) is 8.45. The number of carbonyl (C=O) groups is 1. The lowest BCUT2D eigenvalue weighted by molar-refractivity contribution is -0.136. The van der Waals surface area contributed by atoms with Crippen LogP contribution in [0.3, 0.4) is 0 Å². The van der Waals surface area contributed by atoms with Crippen LogP contribution in [0.1, 0.15) is 6.42 Å². The molecule has 0 radical (unpaired) electrons. The summed E-state index contributed by atoms with van der Waals surface area (Å²) >= 11 is 0. The van der Waals surface area contributed by atoms with Crippen LogP contribution in [0.15, 0.2) is 0 Å². The number of aliphatic carboxylic acids is 1. The number of nitrogens with one attached hydrogen (secondary N) is 1. The van der Waals surface area contributed by atoms with E-state index in [2.05, 4.69) is 5.23 Å². The lowest BCUT2D eigenvalue weighted by Gasteiger charge is -1.99. The summed E-state index contributed by atoms with van der Waals surface area (Å²) < 4.78 is 0. The van der Waals surface area contributed by atoms with E-state index in [0.717, 1.165) is 0 Å². The second kappa shape index (κ2) is 4.35. The number of hydrogen-bond donors (Lipinski definition) is 3. The maximum atomic E-state index is 9.86. The SMILES string of the molecule is CB(O)NCCC(=O)O. The summed E-state index contributed by atoms with van der Waals surface area (Å²) in [6, 6.07) is 0. The van der Waals surface area contributed by atoms with E-state index in [-0.39, 0.29) is 6.42 Å². The smallest absolute Gasteiger partial charge is 0.373 e. The van der Waals surface area contributed by atoms with Gasteiger partial charge in [-0.15, -0.1) is 0 Å². The monoisotopic (exact) mass is 131 g/mol. The third-order valence-electron chi connectivity index (χ3n) is 0.779. The summed E-state index contributed by atoms with van der Waals surface area (Å²) in [4.78, 5) is 9.86. The van der Waals surface area contributed by atoms with E-state index in [0.29, 0.717) is 6.54 Å². The third kappa shape index (κ3) is 7.45. The molecule has 0 bridgehead atoms. The molecule has 0 heterocycles. The van der Waals surface area contributed by atoms with Gasteiger partial charge in [-0.05, 0) is 13.4 Å². The zero-order chi connectivity index (χ0) is 7.28. The summed E-state index contributed by atoms with van der Waals surface area (Å²) in [5.74, 6) is -0.858. The van der Waals surface area contributed by atoms with Crippen molar-refractivity contribution in [3.05, 3.63) is 0 Å². The van der Waals surface area contributed by atoms with Gasteiger partial charge in [-0.1, -0.05) is 0 Å². The van der Waals surface area contributed by atoms with Crippen molar-refractivity contribution in [1.82, 2.24) is 5.23 Å².